The van der Waals surface area contributed by atoms with Crippen molar-refractivity contribution in [2.75, 3.05) is 5.32 Å². The van der Waals surface area contributed by atoms with E-state index < -0.39 is 16.8 Å². The summed E-state index contributed by atoms with van der Waals surface area (Å²) in [5.41, 5.74) is 0.130. The van der Waals surface area contributed by atoms with Gasteiger partial charge in [0.05, 0.1) is 15.5 Å². The molecule has 1 N–H and O–H groups in total. The van der Waals surface area contributed by atoms with Crippen LogP contribution >= 0.6 is 11.6 Å². The van der Waals surface area contributed by atoms with Crippen molar-refractivity contribution in [3.63, 3.8) is 0 Å². The maximum absolute atomic E-state index is 12.9. The van der Waals surface area contributed by atoms with Crippen LogP contribution in [0.4, 0.5) is 15.8 Å². The van der Waals surface area contributed by atoms with E-state index in [2.05, 4.69) is 10.3 Å². The first kappa shape index (κ1) is 13.9. The summed E-state index contributed by atoms with van der Waals surface area (Å²) in [4.78, 5) is 25.2. The van der Waals surface area contributed by atoms with Gasteiger partial charge in [0.25, 0.3) is 11.6 Å². The number of hydrogen-bond acceptors (Lipinski definition) is 4. The molecule has 0 saturated heterocycles. The van der Waals surface area contributed by atoms with Gasteiger partial charge in [-0.1, -0.05) is 17.7 Å². The molecule has 2 aromatic rings. The third-order valence-corrected chi connectivity index (χ3v) is 2.64. The van der Waals surface area contributed by atoms with E-state index in [9.17, 15) is 19.3 Å². The van der Waals surface area contributed by atoms with Gasteiger partial charge in [-0.05, 0) is 12.1 Å². The van der Waals surface area contributed by atoms with Crippen LogP contribution in [0.5, 0.6) is 0 Å². The van der Waals surface area contributed by atoms with Gasteiger partial charge in [0.1, 0.15) is 0 Å². The second-order valence-electron chi connectivity index (χ2n) is 3.76. The number of pyridine rings is 1. The fourth-order valence-electron chi connectivity index (χ4n) is 1.45. The topological polar surface area (TPSA) is 85.1 Å². The van der Waals surface area contributed by atoms with E-state index in [0.717, 1.165) is 12.3 Å². The van der Waals surface area contributed by atoms with E-state index in [1.54, 1.807) is 0 Å². The molecular weight excluding hydrogens is 289 g/mol. The van der Waals surface area contributed by atoms with Crippen LogP contribution in [0.3, 0.4) is 0 Å². The molecule has 1 aromatic carbocycles. The van der Waals surface area contributed by atoms with Crippen molar-refractivity contribution in [2.45, 2.75) is 0 Å². The number of carbonyl (C=O) groups excluding carboxylic acids is 1. The maximum Gasteiger partial charge on any atom is 0.271 e. The zero-order chi connectivity index (χ0) is 14.7. The Kier molecular flexibility index (Phi) is 3.90. The van der Waals surface area contributed by atoms with Crippen LogP contribution in [0.1, 0.15) is 10.4 Å². The average molecular weight is 296 g/mol. The van der Waals surface area contributed by atoms with Crippen molar-refractivity contribution in [1.29, 1.82) is 0 Å². The van der Waals surface area contributed by atoms with E-state index in [4.69, 9.17) is 11.6 Å². The summed E-state index contributed by atoms with van der Waals surface area (Å²) in [7, 11) is 0. The lowest BCUT2D eigenvalue weighted by Crippen LogP contribution is -2.12. The molecule has 0 bridgehead atoms. The number of nitrogens with zero attached hydrogens (tertiary/aromatic N) is 2. The Labute approximate surface area is 117 Å². The number of non-ortho nitro benzene ring substituents is 1. The molecule has 8 heteroatoms. The van der Waals surface area contributed by atoms with Gasteiger partial charge in [-0.2, -0.15) is 4.39 Å². The quantitative estimate of drug-likeness (QED) is 0.536. The van der Waals surface area contributed by atoms with Gasteiger partial charge in [0, 0.05) is 24.0 Å². The first-order valence-corrected chi connectivity index (χ1v) is 5.72. The molecule has 1 heterocycles. The molecule has 0 spiro atoms. The smallest absolute Gasteiger partial charge is 0.271 e. The molecule has 6 nitrogen and oxygen atoms in total. The number of benzene rings is 1. The Balaban J connectivity index is 2.21. The van der Waals surface area contributed by atoms with Crippen LogP contribution in [0.2, 0.25) is 5.02 Å². The minimum Gasteiger partial charge on any atom is -0.322 e. The molecule has 0 aliphatic rings. The van der Waals surface area contributed by atoms with Crippen LogP contribution < -0.4 is 5.32 Å². The van der Waals surface area contributed by atoms with Crippen LogP contribution in [0.25, 0.3) is 0 Å². The number of amides is 1. The van der Waals surface area contributed by atoms with Crippen molar-refractivity contribution in [3.8, 4) is 0 Å². The lowest BCUT2D eigenvalue weighted by atomic mass is 10.2. The van der Waals surface area contributed by atoms with E-state index in [1.807, 2.05) is 0 Å². The molecule has 0 unspecified atom stereocenters. The number of hydrogen-bond donors (Lipinski definition) is 1. The number of carbonyl (C=O) groups is 1. The summed E-state index contributed by atoms with van der Waals surface area (Å²) in [5, 5.41) is 12.8. The Morgan fingerprint density at radius 2 is 2.15 bits per heavy atom. The van der Waals surface area contributed by atoms with Gasteiger partial charge >= 0.3 is 0 Å². The summed E-state index contributed by atoms with van der Waals surface area (Å²) in [6.45, 7) is 0. The van der Waals surface area contributed by atoms with Gasteiger partial charge in [-0.25, -0.2) is 4.98 Å². The van der Waals surface area contributed by atoms with Crippen molar-refractivity contribution >= 4 is 28.9 Å². The normalized spacial score (nSPS) is 10.1. The van der Waals surface area contributed by atoms with Crippen molar-refractivity contribution in [1.82, 2.24) is 4.98 Å². The first-order chi connectivity index (χ1) is 9.47. The summed E-state index contributed by atoms with van der Waals surface area (Å²) >= 11 is 5.52. The van der Waals surface area contributed by atoms with Crippen molar-refractivity contribution in [2.24, 2.45) is 0 Å². The lowest BCUT2D eigenvalue weighted by molar-refractivity contribution is -0.384. The van der Waals surface area contributed by atoms with Gasteiger partial charge in [-0.3, -0.25) is 14.9 Å². The first-order valence-electron chi connectivity index (χ1n) is 5.34. The summed E-state index contributed by atoms with van der Waals surface area (Å²) in [5.74, 6) is -1.47. The molecule has 0 aliphatic carbocycles. The highest BCUT2D eigenvalue weighted by Gasteiger charge is 2.12. The zero-order valence-corrected chi connectivity index (χ0v) is 10.6. The fraction of sp³-hybridized carbons (Fsp3) is 0. The van der Waals surface area contributed by atoms with Gasteiger partial charge < -0.3 is 5.32 Å². The number of halogens is 2. The molecule has 0 saturated carbocycles. The van der Waals surface area contributed by atoms with E-state index in [1.165, 1.54) is 24.3 Å². The van der Waals surface area contributed by atoms with Crippen LogP contribution in [-0.4, -0.2) is 15.8 Å². The minimum atomic E-state index is -0.876. The molecule has 20 heavy (non-hydrogen) atoms. The lowest BCUT2D eigenvalue weighted by Gasteiger charge is -2.05. The summed E-state index contributed by atoms with van der Waals surface area (Å²) < 4.78 is 12.9. The van der Waals surface area contributed by atoms with Gasteiger partial charge in [-0.15, -0.1) is 0 Å². The molecule has 0 fully saturated rings. The Hall–Kier alpha value is -2.54. The second kappa shape index (κ2) is 5.62. The highest BCUT2D eigenvalue weighted by molar-refractivity contribution is 6.31. The van der Waals surface area contributed by atoms with E-state index >= 15 is 0 Å². The third-order valence-electron chi connectivity index (χ3n) is 2.37. The molecule has 0 radical (unpaired) electrons. The van der Waals surface area contributed by atoms with Gasteiger partial charge in [0.2, 0.25) is 5.95 Å². The van der Waals surface area contributed by atoms with Crippen LogP contribution in [-0.2, 0) is 0 Å². The maximum atomic E-state index is 12.9. The minimum absolute atomic E-state index is 0.0444. The third kappa shape index (κ3) is 3.07. The number of nitrogens with one attached hydrogen (secondary N) is 1. The van der Waals surface area contributed by atoms with Crippen molar-refractivity contribution in [3.05, 3.63) is 63.2 Å². The Morgan fingerprint density at radius 3 is 2.80 bits per heavy atom. The Bertz CT molecular complexity index is 693. The Morgan fingerprint density at radius 1 is 1.40 bits per heavy atom. The average Bonchev–Trinajstić information content (AvgIpc) is 2.42. The molecule has 1 aromatic heterocycles. The fourth-order valence-corrected chi connectivity index (χ4v) is 1.61. The number of anilines is 1. The number of nitro groups is 1. The second-order valence-corrected chi connectivity index (χ2v) is 4.17. The molecule has 0 aliphatic heterocycles. The standard InChI is InChI=1S/C12H7ClFN3O3/c13-10-4-7(6-15-11(10)14)12(18)16-8-2-1-3-9(5-8)17(19)20/h1-6H,(H,16,18). The SMILES string of the molecule is O=C(Nc1cccc([N+](=O)[O-])c1)c1cnc(F)c(Cl)c1. The molecular formula is C12H7ClFN3O3. The molecule has 1 amide bonds. The van der Waals surface area contributed by atoms with E-state index in [-0.39, 0.29) is 22.0 Å². The van der Waals surface area contributed by atoms with Gasteiger partial charge in [0.15, 0.2) is 0 Å². The predicted molar refractivity (Wildman–Crippen MR) is 70.3 cm³/mol. The van der Waals surface area contributed by atoms with Crippen molar-refractivity contribution < 1.29 is 14.1 Å². The number of rotatable bonds is 3. The molecule has 0 atom stereocenters. The predicted octanol–water partition coefficient (Wildman–Crippen LogP) is 3.03. The van der Waals surface area contributed by atoms with E-state index in [0.29, 0.717) is 0 Å². The van der Waals surface area contributed by atoms with Crippen LogP contribution in [0, 0.1) is 16.1 Å². The zero-order valence-electron chi connectivity index (χ0n) is 9.84. The highest BCUT2D eigenvalue weighted by Crippen LogP contribution is 2.19. The molecule has 102 valence electrons. The summed E-state index contributed by atoms with van der Waals surface area (Å²) in [6, 6.07) is 6.55. The number of nitro benzene ring substituents is 1. The highest BCUT2D eigenvalue weighted by atomic mass is 35.5. The van der Waals surface area contributed by atoms with Crippen LogP contribution in [0.15, 0.2) is 36.5 Å². The monoisotopic (exact) mass is 295 g/mol. The summed E-state index contributed by atoms with van der Waals surface area (Å²) in [6.07, 6.45) is 1.02. The largest absolute Gasteiger partial charge is 0.322 e. The number of aromatic nitrogens is 1. The molecule has 2 rings (SSSR count).